The number of fused-ring (bicyclic) bond motifs is 1. The molecule has 1 amide bonds. The summed E-state index contributed by atoms with van der Waals surface area (Å²) in [7, 11) is 4.80. The van der Waals surface area contributed by atoms with Gasteiger partial charge in [-0.25, -0.2) is 9.37 Å². The second-order valence-corrected chi connectivity index (χ2v) is 8.81. The van der Waals surface area contributed by atoms with Gasteiger partial charge in [-0.05, 0) is 42.3 Å². The molecular formula is C27H24FN5O3. The molecule has 4 heterocycles. The van der Waals surface area contributed by atoms with Crippen LogP contribution in [0.1, 0.15) is 22.5 Å². The van der Waals surface area contributed by atoms with Gasteiger partial charge < -0.3 is 19.0 Å². The number of nitrogens with zero attached hydrogens (tertiary/aromatic N) is 5. The Morgan fingerprint density at radius 1 is 1.22 bits per heavy atom. The quantitative estimate of drug-likeness (QED) is 0.405. The number of benzene rings is 1. The van der Waals surface area contributed by atoms with Crippen LogP contribution in [0.2, 0.25) is 0 Å². The van der Waals surface area contributed by atoms with Crippen LogP contribution in [0.5, 0.6) is 5.88 Å². The molecule has 1 aliphatic rings. The SMILES string of the molecule is COc1nc(C(=O)N(C)C)ccc1-c1cc2nccc(-c3ccc(N4CCC(F)C4)c(C#N)c3)c2o1. The minimum absolute atomic E-state index is 0.235. The number of rotatable bonds is 5. The Balaban J connectivity index is 1.56. The minimum Gasteiger partial charge on any atom is -0.480 e. The lowest BCUT2D eigenvalue weighted by Gasteiger charge is -2.19. The van der Waals surface area contributed by atoms with Crippen molar-refractivity contribution in [2.24, 2.45) is 0 Å². The number of alkyl halides is 1. The molecule has 4 aromatic rings. The molecular weight excluding hydrogens is 461 g/mol. The van der Waals surface area contributed by atoms with E-state index < -0.39 is 6.17 Å². The highest BCUT2D eigenvalue weighted by Crippen LogP contribution is 2.38. The third-order valence-electron chi connectivity index (χ3n) is 6.26. The van der Waals surface area contributed by atoms with E-state index in [4.69, 9.17) is 9.15 Å². The van der Waals surface area contributed by atoms with Gasteiger partial charge in [0.2, 0.25) is 5.88 Å². The summed E-state index contributed by atoms with van der Waals surface area (Å²) in [4.78, 5) is 24.5. The number of aromatic nitrogens is 2. The lowest BCUT2D eigenvalue weighted by molar-refractivity contribution is 0.0821. The summed E-state index contributed by atoms with van der Waals surface area (Å²) in [5, 5.41) is 9.78. The van der Waals surface area contributed by atoms with E-state index in [1.54, 1.807) is 44.6 Å². The van der Waals surface area contributed by atoms with Gasteiger partial charge in [0.25, 0.3) is 5.91 Å². The van der Waals surface area contributed by atoms with Gasteiger partial charge in [-0.15, -0.1) is 0 Å². The number of methoxy groups -OCH3 is 1. The van der Waals surface area contributed by atoms with E-state index in [2.05, 4.69) is 16.0 Å². The van der Waals surface area contributed by atoms with Crippen molar-refractivity contribution in [3.63, 3.8) is 0 Å². The average molecular weight is 486 g/mol. The van der Waals surface area contributed by atoms with E-state index in [1.165, 1.54) is 12.0 Å². The van der Waals surface area contributed by atoms with E-state index in [0.717, 1.165) is 16.8 Å². The molecule has 0 aliphatic carbocycles. The molecule has 1 unspecified atom stereocenters. The van der Waals surface area contributed by atoms with Crippen molar-refractivity contribution in [2.45, 2.75) is 12.6 Å². The summed E-state index contributed by atoms with van der Waals surface area (Å²) >= 11 is 0. The van der Waals surface area contributed by atoms with Gasteiger partial charge in [0.1, 0.15) is 29.2 Å². The molecule has 0 radical (unpaired) electrons. The van der Waals surface area contributed by atoms with Crippen molar-refractivity contribution in [3.8, 4) is 34.4 Å². The molecule has 1 aliphatic heterocycles. The zero-order valence-electron chi connectivity index (χ0n) is 20.2. The van der Waals surface area contributed by atoms with Crippen molar-refractivity contribution in [1.29, 1.82) is 5.26 Å². The number of amides is 1. The molecule has 182 valence electrons. The molecule has 3 aromatic heterocycles. The topological polar surface area (TPSA) is 95.5 Å². The van der Waals surface area contributed by atoms with Crippen LogP contribution in [-0.4, -0.2) is 61.2 Å². The van der Waals surface area contributed by atoms with Crippen LogP contribution < -0.4 is 9.64 Å². The highest BCUT2D eigenvalue weighted by Gasteiger charge is 2.24. The third kappa shape index (κ3) is 4.11. The van der Waals surface area contributed by atoms with Crippen molar-refractivity contribution in [1.82, 2.24) is 14.9 Å². The van der Waals surface area contributed by atoms with Crippen LogP contribution in [0.15, 0.2) is 53.1 Å². The Kier molecular flexibility index (Phi) is 6.02. The van der Waals surface area contributed by atoms with E-state index in [9.17, 15) is 14.4 Å². The molecule has 9 heteroatoms. The van der Waals surface area contributed by atoms with Gasteiger partial charge in [0.15, 0.2) is 5.58 Å². The maximum atomic E-state index is 13.7. The molecule has 0 saturated carbocycles. The fraction of sp³-hybridized carbons (Fsp3) is 0.259. The first kappa shape index (κ1) is 23.3. The van der Waals surface area contributed by atoms with Crippen LogP contribution in [-0.2, 0) is 0 Å². The number of hydrogen-bond acceptors (Lipinski definition) is 7. The molecule has 1 saturated heterocycles. The highest BCUT2D eigenvalue weighted by molar-refractivity contribution is 5.95. The molecule has 0 bridgehead atoms. The Morgan fingerprint density at radius 2 is 2.06 bits per heavy atom. The van der Waals surface area contributed by atoms with Gasteiger partial charge in [0, 0.05) is 45.0 Å². The summed E-state index contributed by atoms with van der Waals surface area (Å²) in [5.74, 6) is 0.513. The minimum atomic E-state index is -0.876. The standard InChI is InChI=1S/C27H24FN5O3/c1-32(2)27(34)21-6-5-20(26(31-21)35-3)24-13-22-25(36-24)19(8-10-30-22)16-4-7-23(17(12-16)14-29)33-11-9-18(28)15-33/h4-8,10,12-13,18H,9,11,15H2,1-3H3. The lowest BCUT2D eigenvalue weighted by Crippen LogP contribution is -2.22. The molecule has 1 fully saturated rings. The van der Waals surface area contributed by atoms with Gasteiger partial charge in [0.05, 0.1) is 23.9 Å². The van der Waals surface area contributed by atoms with Crippen molar-refractivity contribution in [2.75, 3.05) is 39.2 Å². The molecule has 36 heavy (non-hydrogen) atoms. The number of nitriles is 1. The Bertz CT molecular complexity index is 1510. The molecule has 1 aromatic carbocycles. The maximum absolute atomic E-state index is 13.7. The van der Waals surface area contributed by atoms with Crippen molar-refractivity contribution < 1.29 is 18.3 Å². The normalized spacial score (nSPS) is 15.2. The predicted molar refractivity (Wildman–Crippen MR) is 134 cm³/mol. The van der Waals surface area contributed by atoms with Crippen molar-refractivity contribution in [3.05, 3.63) is 59.9 Å². The van der Waals surface area contributed by atoms with E-state index in [-0.39, 0.29) is 17.5 Å². The Labute approximate surface area is 207 Å². The molecule has 5 rings (SSSR count). The van der Waals surface area contributed by atoms with Crippen LogP contribution in [0.3, 0.4) is 0 Å². The second kappa shape index (κ2) is 9.30. The first-order valence-corrected chi connectivity index (χ1v) is 11.5. The molecule has 1 atom stereocenters. The molecule has 8 nitrogen and oxygen atoms in total. The monoisotopic (exact) mass is 485 g/mol. The number of carbonyl (C=O) groups is 1. The molecule has 0 spiro atoms. The Morgan fingerprint density at radius 3 is 2.75 bits per heavy atom. The fourth-order valence-electron chi connectivity index (χ4n) is 4.44. The van der Waals surface area contributed by atoms with Crippen LogP contribution in [0.4, 0.5) is 10.1 Å². The summed E-state index contributed by atoms with van der Waals surface area (Å²) in [6.07, 6.45) is 1.27. The van der Waals surface area contributed by atoms with Crippen molar-refractivity contribution >= 4 is 22.7 Å². The van der Waals surface area contributed by atoms with E-state index >= 15 is 0 Å². The van der Waals surface area contributed by atoms with Gasteiger partial charge in [-0.1, -0.05) is 6.07 Å². The zero-order chi connectivity index (χ0) is 25.4. The molecule has 0 N–H and O–H groups in total. The summed E-state index contributed by atoms with van der Waals surface area (Å²) < 4.78 is 25.4. The van der Waals surface area contributed by atoms with E-state index in [1.807, 2.05) is 23.1 Å². The van der Waals surface area contributed by atoms with Gasteiger partial charge in [-0.3, -0.25) is 9.78 Å². The van der Waals surface area contributed by atoms with E-state index in [0.29, 0.717) is 47.5 Å². The summed E-state index contributed by atoms with van der Waals surface area (Å²) in [6.45, 7) is 0.884. The smallest absolute Gasteiger partial charge is 0.272 e. The first-order valence-electron chi connectivity index (χ1n) is 11.5. The number of furan rings is 1. The zero-order valence-corrected chi connectivity index (χ0v) is 20.2. The van der Waals surface area contributed by atoms with Crippen LogP contribution in [0, 0.1) is 11.3 Å². The number of hydrogen-bond donors (Lipinski definition) is 0. The number of pyridine rings is 2. The summed E-state index contributed by atoms with van der Waals surface area (Å²) in [6, 6.07) is 14.8. The predicted octanol–water partition coefficient (Wildman–Crippen LogP) is 4.69. The number of carbonyl (C=O) groups excluding carboxylic acids is 1. The third-order valence-corrected chi connectivity index (χ3v) is 6.26. The van der Waals surface area contributed by atoms with Gasteiger partial charge in [-0.2, -0.15) is 5.26 Å². The first-order chi connectivity index (χ1) is 17.4. The number of ether oxygens (including phenoxy) is 1. The Hall–Kier alpha value is -4.45. The summed E-state index contributed by atoms with van der Waals surface area (Å²) in [5.41, 5.74) is 4.78. The lowest BCUT2D eigenvalue weighted by atomic mass is 10.0. The van der Waals surface area contributed by atoms with Crippen LogP contribution >= 0.6 is 0 Å². The largest absolute Gasteiger partial charge is 0.480 e. The number of halogens is 1. The number of anilines is 1. The average Bonchev–Trinajstić information content (AvgIpc) is 3.53. The highest BCUT2D eigenvalue weighted by atomic mass is 19.1. The fourth-order valence-corrected chi connectivity index (χ4v) is 4.44. The van der Waals surface area contributed by atoms with Crippen LogP contribution in [0.25, 0.3) is 33.6 Å². The maximum Gasteiger partial charge on any atom is 0.272 e. The second-order valence-electron chi connectivity index (χ2n) is 8.81. The van der Waals surface area contributed by atoms with Gasteiger partial charge >= 0.3 is 0 Å².